The fraction of sp³-hybridized carbons (Fsp3) is 0.800. The number of esters is 1. The van der Waals surface area contributed by atoms with Crippen molar-refractivity contribution in [2.75, 3.05) is 6.61 Å². The number of carbonyl (C=O) groups is 1. The third-order valence-corrected chi connectivity index (χ3v) is 3.91. The van der Waals surface area contributed by atoms with Crippen LogP contribution in [0.4, 0.5) is 0 Å². The van der Waals surface area contributed by atoms with Crippen molar-refractivity contribution in [2.24, 2.45) is 16.7 Å². The summed E-state index contributed by atoms with van der Waals surface area (Å²) in [6.07, 6.45) is 4.55. The van der Waals surface area contributed by atoms with Gasteiger partial charge < -0.3 is 4.74 Å². The first-order valence-electron chi connectivity index (χ1n) is 6.51. The Morgan fingerprint density at radius 3 is 2.59 bits per heavy atom. The van der Waals surface area contributed by atoms with Gasteiger partial charge in [-0.1, -0.05) is 26.8 Å². The minimum atomic E-state index is -0.409. The van der Waals surface area contributed by atoms with Crippen LogP contribution in [0.3, 0.4) is 0 Å². The first-order chi connectivity index (χ1) is 7.64. The number of hydrogen-bond donors (Lipinski definition) is 0. The molecule has 0 spiro atoms. The van der Waals surface area contributed by atoms with Gasteiger partial charge in [-0.05, 0) is 50.5 Å². The zero-order valence-electron chi connectivity index (χ0n) is 12.1. The fourth-order valence-electron chi connectivity index (χ4n) is 2.07. The fourth-order valence-corrected chi connectivity index (χ4v) is 2.07. The first kappa shape index (κ1) is 14.3. The van der Waals surface area contributed by atoms with Crippen LogP contribution in [-0.2, 0) is 9.53 Å². The van der Waals surface area contributed by atoms with Crippen LogP contribution in [-0.4, -0.2) is 12.6 Å². The van der Waals surface area contributed by atoms with Crippen LogP contribution in [0.1, 0.15) is 54.4 Å². The monoisotopic (exact) mass is 238 g/mol. The van der Waals surface area contributed by atoms with Crippen LogP contribution in [0.5, 0.6) is 0 Å². The maximum Gasteiger partial charge on any atom is 0.311 e. The highest BCUT2D eigenvalue weighted by molar-refractivity contribution is 5.75. The summed E-state index contributed by atoms with van der Waals surface area (Å²) in [6.45, 7) is 12.9. The van der Waals surface area contributed by atoms with E-state index in [1.165, 1.54) is 12.0 Å². The summed E-state index contributed by atoms with van der Waals surface area (Å²) in [5.74, 6) is 0.373. The molecule has 0 aromatic heterocycles. The van der Waals surface area contributed by atoms with E-state index in [1.54, 1.807) is 0 Å². The lowest BCUT2D eigenvalue weighted by molar-refractivity contribution is -0.152. The molecule has 0 aliphatic heterocycles. The van der Waals surface area contributed by atoms with Crippen molar-refractivity contribution in [3.8, 4) is 0 Å². The highest BCUT2D eigenvalue weighted by atomic mass is 16.5. The van der Waals surface area contributed by atoms with Crippen molar-refractivity contribution in [3.05, 3.63) is 11.6 Å². The first-order valence-corrected chi connectivity index (χ1v) is 6.51. The molecule has 0 fully saturated rings. The van der Waals surface area contributed by atoms with Crippen LogP contribution in [0.25, 0.3) is 0 Å². The quantitative estimate of drug-likeness (QED) is 0.537. The lowest BCUT2D eigenvalue weighted by Crippen LogP contribution is -2.30. The average molecular weight is 238 g/mol. The maximum absolute atomic E-state index is 11.7. The molecular weight excluding hydrogens is 212 g/mol. The highest BCUT2D eigenvalue weighted by Crippen LogP contribution is 2.40. The average Bonchev–Trinajstić information content (AvgIpc) is 2.18. The molecule has 0 saturated carbocycles. The molecular formula is C15H26O2. The third-order valence-electron chi connectivity index (χ3n) is 3.91. The Bertz CT molecular complexity index is 318. The molecule has 0 saturated heterocycles. The summed E-state index contributed by atoms with van der Waals surface area (Å²) in [4.78, 5) is 11.7. The summed E-state index contributed by atoms with van der Waals surface area (Å²) < 4.78 is 5.40. The maximum atomic E-state index is 11.7. The molecule has 0 bridgehead atoms. The van der Waals surface area contributed by atoms with E-state index in [2.05, 4.69) is 26.8 Å². The minimum Gasteiger partial charge on any atom is -0.461 e. The van der Waals surface area contributed by atoms with Crippen molar-refractivity contribution in [1.29, 1.82) is 0 Å². The Kier molecular flexibility index (Phi) is 4.06. The van der Waals surface area contributed by atoms with E-state index in [0.717, 1.165) is 6.42 Å². The van der Waals surface area contributed by atoms with Crippen LogP contribution < -0.4 is 0 Å². The molecule has 0 aromatic carbocycles. The Hall–Kier alpha value is -0.790. The lowest BCUT2D eigenvalue weighted by Gasteiger charge is -2.37. The van der Waals surface area contributed by atoms with Gasteiger partial charge in [-0.15, -0.1) is 0 Å². The zero-order chi connectivity index (χ0) is 13.3. The van der Waals surface area contributed by atoms with E-state index in [-0.39, 0.29) is 5.97 Å². The van der Waals surface area contributed by atoms with E-state index in [0.29, 0.717) is 17.9 Å². The molecule has 0 amide bonds. The molecule has 0 radical (unpaired) electrons. The lowest BCUT2D eigenvalue weighted by atomic mass is 9.69. The molecule has 1 atom stereocenters. The van der Waals surface area contributed by atoms with Gasteiger partial charge in [0.15, 0.2) is 0 Å². The third kappa shape index (κ3) is 3.58. The summed E-state index contributed by atoms with van der Waals surface area (Å²) in [6, 6.07) is 0. The van der Waals surface area contributed by atoms with E-state index in [1.807, 2.05) is 20.8 Å². The Morgan fingerprint density at radius 1 is 1.47 bits per heavy atom. The number of allylic oxidation sites excluding steroid dienone is 1. The van der Waals surface area contributed by atoms with E-state index < -0.39 is 5.41 Å². The molecule has 0 N–H and O–H groups in total. The van der Waals surface area contributed by atoms with Crippen molar-refractivity contribution >= 4 is 5.97 Å². The predicted octanol–water partition coefficient (Wildman–Crippen LogP) is 3.96. The van der Waals surface area contributed by atoms with Gasteiger partial charge in [-0.25, -0.2) is 0 Å². The van der Waals surface area contributed by atoms with Crippen molar-refractivity contribution in [1.82, 2.24) is 0 Å². The van der Waals surface area contributed by atoms with Gasteiger partial charge in [0.05, 0.1) is 5.41 Å². The van der Waals surface area contributed by atoms with E-state index in [4.69, 9.17) is 4.74 Å². The van der Waals surface area contributed by atoms with Crippen molar-refractivity contribution in [2.45, 2.75) is 54.4 Å². The van der Waals surface area contributed by atoms with E-state index >= 15 is 0 Å². The van der Waals surface area contributed by atoms with Gasteiger partial charge >= 0.3 is 5.97 Å². The van der Waals surface area contributed by atoms with Crippen LogP contribution in [0, 0.1) is 16.7 Å². The molecule has 1 aliphatic rings. The summed E-state index contributed by atoms with van der Waals surface area (Å²) in [7, 11) is 0. The second-order valence-electron chi connectivity index (χ2n) is 6.85. The smallest absolute Gasteiger partial charge is 0.311 e. The minimum absolute atomic E-state index is 0.117. The van der Waals surface area contributed by atoms with Gasteiger partial charge in [0, 0.05) is 0 Å². The Labute approximate surface area is 105 Å². The molecule has 0 aromatic rings. The molecule has 98 valence electrons. The summed E-state index contributed by atoms with van der Waals surface area (Å²) in [5, 5.41) is 0. The normalized spacial score (nSPS) is 24.1. The standard InChI is InChI=1S/C15H26O2/c1-11-12(8-7-9-15(11,5)6)10-17-13(16)14(2,3)4/h8,11H,7,9-10H2,1-6H3/t11-/m1/s1. The zero-order valence-corrected chi connectivity index (χ0v) is 12.1. The molecule has 1 aliphatic carbocycles. The number of ether oxygens (including phenoxy) is 1. The van der Waals surface area contributed by atoms with Crippen molar-refractivity contribution < 1.29 is 9.53 Å². The molecule has 2 nitrogen and oxygen atoms in total. The van der Waals surface area contributed by atoms with Crippen LogP contribution in [0.15, 0.2) is 11.6 Å². The number of carbonyl (C=O) groups excluding carboxylic acids is 1. The van der Waals surface area contributed by atoms with Crippen LogP contribution >= 0.6 is 0 Å². The van der Waals surface area contributed by atoms with Gasteiger partial charge in [-0.3, -0.25) is 4.79 Å². The SMILES string of the molecule is C[C@@H]1C(COC(=O)C(C)(C)C)=CCCC1(C)C. The van der Waals surface area contributed by atoms with E-state index in [9.17, 15) is 4.79 Å². The molecule has 1 rings (SSSR count). The van der Waals surface area contributed by atoms with Gasteiger partial charge in [0.1, 0.15) is 6.61 Å². The van der Waals surface area contributed by atoms with Gasteiger partial charge in [0.25, 0.3) is 0 Å². The van der Waals surface area contributed by atoms with Crippen molar-refractivity contribution in [3.63, 3.8) is 0 Å². The summed E-state index contributed by atoms with van der Waals surface area (Å²) >= 11 is 0. The molecule has 2 heteroatoms. The predicted molar refractivity (Wildman–Crippen MR) is 70.7 cm³/mol. The van der Waals surface area contributed by atoms with Gasteiger partial charge in [0.2, 0.25) is 0 Å². The van der Waals surface area contributed by atoms with Gasteiger partial charge in [-0.2, -0.15) is 0 Å². The second kappa shape index (κ2) is 4.83. The topological polar surface area (TPSA) is 26.3 Å². The molecule has 0 heterocycles. The highest BCUT2D eigenvalue weighted by Gasteiger charge is 2.32. The largest absolute Gasteiger partial charge is 0.461 e. The molecule has 17 heavy (non-hydrogen) atoms. The summed E-state index contributed by atoms with van der Waals surface area (Å²) in [5.41, 5.74) is 1.19. The second-order valence-corrected chi connectivity index (χ2v) is 6.85. The number of hydrogen-bond acceptors (Lipinski definition) is 2. The van der Waals surface area contributed by atoms with Crippen LogP contribution in [0.2, 0.25) is 0 Å². The Balaban J connectivity index is 2.59. The Morgan fingerprint density at radius 2 is 2.06 bits per heavy atom. The number of rotatable bonds is 2. The molecule has 0 unspecified atom stereocenters.